The molecule has 0 aromatic carbocycles. The fraction of sp³-hybridized carbons (Fsp3) is 0.833. The van der Waals surface area contributed by atoms with Gasteiger partial charge in [-0.05, 0) is 25.8 Å². The average molecular weight is 223 g/mol. The van der Waals surface area contributed by atoms with Crippen molar-refractivity contribution in [3.8, 4) is 0 Å². The van der Waals surface area contributed by atoms with Gasteiger partial charge >= 0.3 is 0 Å². The molecule has 16 heavy (non-hydrogen) atoms. The minimum Gasteiger partial charge on any atom is -0.339 e. The summed E-state index contributed by atoms with van der Waals surface area (Å²) in [5.74, 6) is 1.71. The van der Waals surface area contributed by atoms with Crippen molar-refractivity contribution in [2.75, 3.05) is 13.1 Å². The first-order valence-corrected chi connectivity index (χ1v) is 6.34. The SMILES string of the molecule is CCCCc1noc(C2(CC)CCNC2)n1. The van der Waals surface area contributed by atoms with Crippen LogP contribution < -0.4 is 5.32 Å². The Kier molecular flexibility index (Phi) is 3.59. The molecule has 4 nitrogen and oxygen atoms in total. The first kappa shape index (κ1) is 11.6. The minimum atomic E-state index is 0.0947. The molecule has 1 fully saturated rings. The third kappa shape index (κ3) is 2.12. The Labute approximate surface area is 96.8 Å². The maximum atomic E-state index is 5.44. The highest BCUT2D eigenvalue weighted by Crippen LogP contribution is 2.32. The van der Waals surface area contributed by atoms with Gasteiger partial charge in [0.15, 0.2) is 5.82 Å². The lowest BCUT2D eigenvalue weighted by atomic mass is 9.84. The van der Waals surface area contributed by atoms with Gasteiger partial charge in [-0.2, -0.15) is 4.98 Å². The molecule has 1 N–H and O–H groups in total. The summed E-state index contributed by atoms with van der Waals surface area (Å²) in [5.41, 5.74) is 0.0947. The lowest BCUT2D eigenvalue weighted by molar-refractivity contribution is 0.283. The molecule has 1 aromatic rings. The van der Waals surface area contributed by atoms with Crippen molar-refractivity contribution in [3.63, 3.8) is 0 Å². The smallest absolute Gasteiger partial charge is 0.234 e. The Morgan fingerprint density at radius 2 is 2.31 bits per heavy atom. The molecule has 0 radical (unpaired) electrons. The van der Waals surface area contributed by atoms with Gasteiger partial charge < -0.3 is 9.84 Å². The van der Waals surface area contributed by atoms with Crippen molar-refractivity contribution in [1.29, 1.82) is 0 Å². The van der Waals surface area contributed by atoms with Crippen molar-refractivity contribution < 1.29 is 4.52 Å². The van der Waals surface area contributed by atoms with E-state index in [2.05, 4.69) is 29.3 Å². The monoisotopic (exact) mass is 223 g/mol. The number of nitrogens with zero attached hydrogens (tertiary/aromatic N) is 2. The number of hydrogen-bond acceptors (Lipinski definition) is 4. The lowest BCUT2D eigenvalue weighted by Crippen LogP contribution is -2.28. The first-order valence-electron chi connectivity index (χ1n) is 6.34. The lowest BCUT2D eigenvalue weighted by Gasteiger charge is -2.20. The van der Waals surface area contributed by atoms with Crippen LogP contribution in [0.25, 0.3) is 0 Å². The van der Waals surface area contributed by atoms with Crippen molar-refractivity contribution in [3.05, 3.63) is 11.7 Å². The number of aryl methyl sites for hydroxylation is 1. The minimum absolute atomic E-state index is 0.0947. The molecule has 1 saturated heterocycles. The summed E-state index contributed by atoms with van der Waals surface area (Å²) in [6.07, 6.45) is 5.42. The van der Waals surface area contributed by atoms with Crippen molar-refractivity contribution in [1.82, 2.24) is 15.5 Å². The third-order valence-electron chi connectivity index (χ3n) is 3.60. The van der Waals surface area contributed by atoms with E-state index in [9.17, 15) is 0 Å². The van der Waals surface area contributed by atoms with Crippen LogP contribution in [-0.2, 0) is 11.8 Å². The Morgan fingerprint density at radius 1 is 1.44 bits per heavy atom. The fourth-order valence-electron chi connectivity index (χ4n) is 2.29. The molecule has 2 heterocycles. The third-order valence-corrected chi connectivity index (χ3v) is 3.60. The zero-order valence-electron chi connectivity index (χ0n) is 10.3. The van der Waals surface area contributed by atoms with Crippen LogP contribution in [0.4, 0.5) is 0 Å². The predicted molar refractivity (Wildman–Crippen MR) is 62.4 cm³/mol. The van der Waals surface area contributed by atoms with E-state index in [-0.39, 0.29) is 5.41 Å². The van der Waals surface area contributed by atoms with Gasteiger partial charge in [-0.15, -0.1) is 0 Å². The maximum absolute atomic E-state index is 5.44. The molecule has 0 saturated carbocycles. The zero-order chi connectivity index (χ0) is 11.4. The second-order valence-electron chi connectivity index (χ2n) is 4.68. The van der Waals surface area contributed by atoms with E-state index in [1.807, 2.05) is 0 Å². The molecule has 0 bridgehead atoms. The van der Waals surface area contributed by atoms with E-state index in [1.54, 1.807) is 0 Å². The van der Waals surface area contributed by atoms with E-state index in [0.29, 0.717) is 0 Å². The number of nitrogens with one attached hydrogen (secondary N) is 1. The highest BCUT2D eigenvalue weighted by molar-refractivity contribution is 5.09. The topological polar surface area (TPSA) is 51.0 Å². The molecule has 2 rings (SSSR count). The van der Waals surface area contributed by atoms with Gasteiger partial charge in [0.25, 0.3) is 0 Å². The van der Waals surface area contributed by atoms with E-state index >= 15 is 0 Å². The molecule has 90 valence electrons. The maximum Gasteiger partial charge on any atom is 0.234 e. The molecule has 0 amide bonds. The number of aromatic nitrogens is 2. The number of rotatable bonds is 5. The summed E-state index contributed by atoms with van der Waals surface area (Å²) in [7, 11) is 0. The van der Waals surface area contributed by atoms with Crippen LogP contribution in [0.5, 0.6) is 0 Å². The predicted octanol–water partition coefficient (Wildman–Crippen LogP) is 2.05. The van der Waals surface area contributed by atoms with Crippen LogP contribution >= 0.6 is 0 Å². The Bertz CT molecular complexity index is 329. The van der Waals surface area contributed by atoms with Gasteiger partial charge in [0.2, 0.25) is 5.89 Å². The first-order chi connectivity index (χ1) is 7.80. The van der Waals surface area contributed by atoms with E-state index in [1.165, 1.54) is 6.42 Å². The van der Waals surface area contributed by atoms with Gasteiger partial charge in [0, 0.05) is 13.0 Å². The van der Waals surface area contributed by atoms with Crippen LogP contribution in [-0.4, -0.2) is 23.2 Å². The molecule has 0 aliphatic carbocycles. The Morgan fingerprint density at radius 3 is 2.94 bits per heavy atom. The van der Waals surface area contributed by atoms with Crippen LogP contribution in [0.1, 0.15) is 51.2 Å². The van der Waals surface area contributed by atoms with Gasteiger partial charge in [-0.25, -0.2) is 0 Å². The summed E-state index contributed by atoms with van der Waals surface area (Å²) in [5, 5.41) is 7.46. The Hall–Kier alpha value is -0.900. The number of unbranched alkanes of at least 4 members (excludes halogenated alkanes) is 1. The molecule has 1 atom stereocenters. The van der Waals surface area contributed by atoms with Crippen molar-refractivity contribution >= 4 is 0 Å². The van der Waals surface area contributed by atoms with Crippen LogP contribution in [0, 0.1) is 0 Å². The van der Waals surface area contributed by atoms with Gasteiger partial charge in [0.1, 0.15) is 0 Å². The van der Waals surface area contributed by atoms with E-state index < -0.39 is 0 Å². The van der Waals surface area contributed by atoms with Crippen molar-refractivity contribution in [2.45, 2.75) is 51.4 Å². The molecular weight excluding hydrogens is 202 g/mol. The molecule has 1 unspecified atom stereocenters. The largest absolute Gasteiger partial charge is 0.339 e. The second kappa shape index (κ2) is 4.95. The fourth-order valence-corrected chi connectivity index (χ4v) is 2.29. The highest BCUT2D eigenvalue weighted by Gasteiger charge is 2.39. The van der Waals surface area contributed by atoms with Gasteiger partial charge in [-0.1, -0.05) is 25.4 Å². The summed E-state index contributed by atoms with van der Waals surface area (Å²) in [6, 6.07) is 0. The normalized spacial score (nSPS) is 25.1. The van der Waals surface area contributed by atoms with Crippen LogP contribution in [0.3, 0.4) is 0 Å². The summed E-state index contributed by atoms with van der Waals surface area (Å²) in [4.78, 5) is 4.56. The summed E-state index contributed by atoms with van der Waals surface area (Å²) >= 11 is 0. The zero-order valence-corrected chi connectivity index (χ0v) is 10.3. The van der Waals surface area contributed by atoms with Gasteiger partial charge in [-0.3, -0.25) is 0 Å². The summed E-state index contributed by atoms with van der Waals surface area (Å²) < 4.78 is 5.44. The average Bonchev–Trinajstić information content (AvgIpc) is 2.95. The molecular formula is C12H21N3O. The molecule has 1 aromatic heterocycles. The van der Waals surface area contributed by atoms with Crippen LogP contribution in [0.2, 0.25) is 0 Å². The molecule has 4 heteroatoms. The molecule has 0 spiro atoms. The molecule has 1 aliphatic rings. The quantitative estimate of drug-likeness (QED) is 0.830. The number of hydrogen-bond donors (Lipinski definition) is 1. The highest BCUT2D eigenvalue weighted by atomic mass is 16.5. The van der Waals surface area contributed by atoms with E-state index in [0.717, 1.165) is 50.5 Å². The van der Waals surface area contributed by atoms with E-state index in [4.69, 9.17) is 4.52 Å². The molecule has 1 aliphatic heterocycles. The van der Waals surface area contributed by atoms with Crippen molar-refractivity contribution in [2.24, 2.45) is 0 Å². The second-order valence-corrected chi connectivity index (χ2v) is 4.68. The van der Waals surface area contributed by atoms with Crippen LogP contribution in [0.15, 0.2) is 4.52 Å². The Balaban J connectivity index is 2.10. The van der Waals surface area contributed by atoms with Gasteiger partial charge in [0.05, 0.1) is 5.41 Å². The summed E-state index contributed by atoms with van der Waals surface area (Å²) in [6.45, 7) is 6.40. The standard InChI is InChI=1S/C12H21N3O/c1-3-5-6-10-14-11(16-15-10)12(4-2)7-8-13-9-12/h13H,3-9H2,1-2H3.